The smallest absolute Gasteiger partial charge is 0.0828 e. The minimum absolute atomic E-state index is 0.261. The van der Waals surface area contributed by atoms with Crippen molar-refractivity contribution >= 4 is 11.4 Å². The Morgan fingerprint density at radius 2 is 1.50 bits per heavy atom. The summed E-state index contributed by atoms with van der Waals surface area (Å²) >= 11 is 0. The van der Waals surface area contributed by atoms with Crippen LogP contribution in [-0.4, -0.2) is 5.71 Å². The van der Waals surface area contributed by atoms with Gasteiger partial charge in [-0.3, -0.25) is 5.01 Å². The lowest BCUT2D eigenvalue weighted by atomic mass is 9.78. The first kappa shape index (κ1) is 13.6. The van der Waals surface area contributed by atoms with Crippen molar-refractivity contribution in [2.45, 2.75) is 19.4 Å². The summed E-state index contributed by atoms with van der Waals surface area (Å²) in [6, 6.07) is 26.2. The highest BCUT2D eigenvalue weighted by atomic mass is 15.5. The van der Waals surface area contributed by atoms with Crippen molar-refractivity contribution < 1.29 is 0 Å². The molecule has 3 aromatic rings. The zero-order valence-corrected chi connectivity index (χ0v) is 13.6. The molecule has 2 nitrogen and oxygen atoms in total. The van der Waals surface area contributed by atoms with Gasteiger partial charge in [-0.2, -0.15) is 5.10 Å². The molecule has 0 bridgehead atoms. The fraction of sp³-hybridized carbons (Fsp3) is 0.136. The Morgan fingerprint density at radius 3 is 2.38 bits per heavy atom. The summed E-state index contributed by atoms with van der Waals surface area (Å²) in [6.07, 6.45) is 0.992. The largest absolute Gasteiger partial charge is 0.257 e. The van der Waals surface area contributed by atoms with Gasteiger partial charge in [0.15, 0.2) is 0 Å². The van der Waals surface area contributed by atoms with Crippen LogP contribution >= 0.6 is 0 Å². The van der Waals surface area contributed by atoms with E-state index in [-0.39, 0.29) is 6.04 Å². The van der Waals surface area contributed by atoms with E-state index in [1.54, 1.807) is 0 Å². The SMILES string of the molecule is CC1=NN(c2ccccc2)C2Cc3ccccc3-c3cccc1c32. The molecule has 5 rings (SSSR count). The Labute approximate surface area is 142 Å². The summed E-state index contributed by atoms with van der Waals surface area (Å²) in [7, 11) is 0. The summed E-state index contributed by atoms with van der Waals surface area (Å²) in [6.45, 7) is 2.11. The van der Waals surface area contributed by atoms with E-state index in [4.69, 9.17) is 5.10 Å². The zero-order chi connectivity index (χ0) is 16.1. The topological polar surface area (TPSA) is 15.6 Å². The average molecular weight is 310 g/mol. The van der Waals surface area contributed by atoms with Gasteiger partial charge in [0.25, 0.3) is 0 Å². The average Bonchev–Trinajstić information content (AvgIpc) is 2.65. The number of anilines is 1. The fourth-order valence-electron chi connectivity index (χ4n) is 4.06. The number of nitrogens with zero attached hydrogens (tertiary/aromatic N) is 2. The highest BCUT2D eigenvalue weighted by molar-refractivity contribution is 6.04. The number of benzene rings is 3. The molecule has 0 fully saturated rings. The van der Waals surface area contributed by atoms with Gasteiger partial charge in [0.1, 0.15) is 0 Å². The molecule has 1 heterocycles. The molecule has 1 unspecified atom stereocenters. The van der Waals surface area contributed by atoms with Crippen LogP contribution in [0.15, 0.2) is 77.9 Å². The molecule has 1 aliphatic heterocycles. The van der Waals surface area contributed by atoms with Crippen molar-refractivity contribution in [1.82, 2.24) is 0 Å². The Morgan fingerprint density at radius 1 is 0.792 bits per heavy atom. The van der Waals surface area contributed by atoms with E-state index < -0.39 is 0 Å². The molecule has 0 aromatic heterocycles. The summed E-state index contributed by atoms with van der Waals surface area (Å²) in [5.41, 5.74) is 9.09. The van der Waals surface area contributed by atoms with Gasteiger partial charge in [-0.1, -0.05) is 60.7 Å². The molecule has 0 saturated heterocycles. The number of fused-ring (bicyclic) bond motifs is 2. The highest BCUT2D eigenvalue weighted by Gasteiger charge is 2.34. The molecule has 2 heteroatoms. The number of rotatable bonds is 1. The summed E-state index contributed by atoms with van der Waals surface area (Å²) in [5, 5.41) is 7.15. The quantitative estimate of drug-likeness (QED) is 0.603. The predicted molar refractivity (Wildman–Crippen MR) is 99.5 cm³/mol. The Bertz CT molecular complexity index is 957. The van der Waals surface area contributed by atoms with Crippen LogP contribution in [-0.2, 0) is 6.42 Å². The first-order valence-electron chi connectivity index (χ1n) is 8.44. The maximum absolute atomic E-state index is 4.94. The molecule has 0 N–H and O–H groups in total. The molecule has 116 valence electrons. The molecule has 3 aromatic carbocycles. The third kappa shape index (κ3) is 1.86. The van der Waals surface area contributed by atoms with E-state index in [2.05, 4.69) is 84.7 Å². The lowest BCUT2D eigenvalue weighted by Crippen LogP contribution is -2.34. The van der Waals surface area contributed by atoms with Crippen LogP contribution in [0.4, 0.5) is 5.69 Å². The van der Waals surface area contributed by atoms with E-state index in [1.165, 1.54) is 27.8 Å². The van der Waals surface area contributed by atoms with Gasteiger partial charge in [-0.05, 0) is 47.7 Å². The van der Waals surface area contributed by atoms with Crippen molar-refractivity contribution in [2.24, 2.45) is 5.10 Å². The zero-order valence-electron chi connectivity index (χ0n) is 13.6. The molecule has 0 amide bonds. The third-order valence-electron chi connectivity index (χ3n) is 5.12. The molecule has 24 heavy (non-hydrogen) atoms. The van der Waals surface area contributed by atoms with Gasteiger partial charge in [0.2, 0.25) is 0 Å². The second kappa shape index (κ2) is 5.07. The fourth-order valence-corrected chi connectivity index (χ4v) is 4.06. The molecular weight excluding hydrogens is 292 g/mol. The van der Waals surface area contributed by atoms with Gasteiger partial charge in [-0.25, -0.2) is 0 Å². The first-order chi connectivity index (χ1) is 11.8. The van der Waals surface area contributed by atoms with E-state index in [0.717, 1.165) is 17.8 Å². The van der Waals surface area contributed by atoms with Gasteiger partial charge in [-0.15, -0.1) is 0 Å². The van der Waals surface area contributed by atoms with E-state index >= 15 is 0 Å². The minimum atomic E-state index is 0.261. The first-order valence-corrected chi connectivity index (χ1v) is 8.44. The van der Waals surface area contributed by atoms with Crippen LogP contribution in [0.3, 0.4) is 0 Å². The second-order valence-electron chi connectivity index (χ2n) is 6.51. The lowest BCUT2D eigenvalue weighted by molar-refractivity contribution is 0.620. The Kier molecular flexibility index (Phi) is 2.86. The van der Waals surface area contributed by atoms with Crippen LogP contribution in [0.2, 0.25) is 0 Å². The minimum Gasteiger partial charge on any atom is -0.257 e. The summed E-state index contributed by atoms with van der Waals surface area (Å²) < 4.78 is 0. The van der Waals surface area contributed by atoms with Gasteiger partial charge >= 0.3 is 0 Å². The van der Waals surface area contributed by atoms with Crippen molar-refractivity contribution in [2.75, 3.05) is 5.01 Å². The van der Waals surface area contributed by atoms with Crippen molar-refractivity contribution in [1.29, 1.82) is 0 Å². The lowest BCUT2D eigenvalue weighted by Gasteiger charge is -2.39. The van der Waals surface area contributed by atoms with Crippen LogP contribution in [0.5, 0.6) is 0 Å². The number of hydrogen-bond donors (Lipinski definition) is 0. The third-order valence-corrected chi connectivity index (χ3v) is 5.12. The highest BCUT2D eigenvalue weighted by Crippen LogP contribution is 2.46. The number of hydrogen-bond acceptors (Lipinski definition) is 2. The molecule has 0 saturated carbocycles. The monoisotopic (exact) mass is 310 g/mol. The predicted octanol–water partition coefficient (Wildman–Crippen LogP) is 5.20. The maximum Gasteiger partial charge on any atom is 0.0828 e. The number of para-hydroxylation sites is 1. The van der Waals surface area contributed by atoms with Crippen molar-refractivity contribution in [3.05, 3.63) is 89.5 Å². The van der Waals surface area contributed by atoms with E-state index in [9.17, 15) is 0 Å². The molecule has 0 spiro atoms. The standard InChI is InChI=1S/C22H18N2/c1-15-18-12-7-13-20-19-11-6-5-8-16(19)14-21(22(18)20)24(23-15)17-9-3-2-4-10-17/h2-13,21H,14H2,1H3. The summed E-state index contributed by atoms with van der Waals surface area (Å²) in [5.74, 6) is 0. The second-order valence-corrected chi connectivity index (χ2v) is 6.51. The van der Waals surface area contributed by atoms with Gasteiger partial charge in [0.05, 0.1) is 17.4 Å². The summed E-state index contributed by atoms with van der Waals surface area (Å²) in [4.78, 5) is 0. The Balaban J connectivity index is 1.77. The number of hydrazone groups is 1. The van der Waals surface area contributed by atoms with E-state index in [0.29, 0.717) is 0 Å². The van der Waals surface area contributed by atoms with Crippen LogP contribution in [0.1, 0.15) is 29.7 Å². The van der Waals surface area contributed by atoms with E-state index in [1.807, 2.05) is 0 Å². The Hall–Kier alpha value is -2.87. The molecular formula is C22H18N2. The van der Waals surface area contributed by atoms with Gasteiger partial charge < -0.3 is 0 Å². The molecule has 2 aliphatic rings. The van der Waals surface area contributed by atoms with Crippen molar-refractivity contribution in [3.8, 4) is 11.1 Å². The van der Waals surface area contributed by atoms with Crippen LogP contribution < -0.4 is 5.01 Å². The molecule has 1 aliphatic carbocycles. The van der Waals surface area contributed by atoms with Crippen LogP contribution in [0.25, 0.3) is 11.1 Å². The maximum atomic E-state index is 4.94. The molecule has 0 radical (unpaired) electrons. The van der Waals surface area contributed by atoms with Gasteiger partial charge in [0, 0.05) is 5.56 Å². The van der Waals surface area contributed by atoms with Crippen LogP contribution in [0, 0.1) is 0 Å². The molecule has 1 atom stereocenters. The normalized spacial score (nSPS) is 17.8. The van der Waals surface area contributed by atoms with Crippen molar-refractivity contribution in [3.63, 3.8) is 0 Å².